The topological polar surface area (TPSA) is 29.5 Å². The third-order valence-electron chi connectivity index (χ3n) is 3.78. The Balaban J connectivity index is 2.52. The molecule has 118 valence electrons. The van der Waals surface area contributed by atoms with Gasteiger partial charge >= 0.3 is 0 Å². The van der Waals surface area contributed by atoms with Gasteiger partial charge in [-0.05, 0) is 68.7 Å². The maximum Gasteiger partial charge on any atom is 0.0882 e. The van der Waals surface area contributed by atoms with Gasteiger partial charge < -0.3 is 9.84 Å². The molecule has 0 saturated heterocycles. The lowest BCUT2D eigenvalue weighted by atomic mass is 9.87. The first-order chi connectivity index (χ1) is 10.1. The van der Waals surface area contributed by atoms with Crippen LogP contribution >= 0.6 is 0 Å². The van der Waals surface area contributed by atoms with Crippen molar-refractivity contribution in [3.8, 4) is 0 Å². The molecule has 0 heterocycles. The Morgan fingerprint density at radius 1 is 1.09 bits per heavy atom. The van der Waals surface area contributed by atoms with Crippen LogP contribution in [0.25, 0.3) is 16.3 Å². The Hall–Kier alpha value is -1.64. The van der Waals surface area contributed by atoms with Crippen molar-refractivity contribution in [1.29, 1.82) is 0 Å². The van der Waals surface area contributed by atoms with E-state index in [0.29, 0.717) is 0 Å². The molecule has 1 N–H and O–H groups in total. The van der Waals surface area contributed by atoms with E-state index in [4.69, 9.17) is 4.74 Å². The Kier molecular flexibility index (Phi) is 4.46. The van der Waals surface area contributed by atoms with Gasteiger partial charge in [0.2, 0.25) is 0 Å². The van der Waals surface area contributed by atoms with Crippen molar-refractivity contribution < 1.29 is 9.84 Å². The van der Waals surface area contributed by atoms with E-state index in [1.165, 1.54) is 10.8 Å². The number of aliphatic hydroxyl groups is 1. The molecule has 2 nitrogen and oxygen atoms in total. The number of hydrogen-bond donors (Lipinski definition) is 1. The molecule has 0 atom stereocenters. The molecule has 0 saturated carbocycles. The second-order valence-electron chi connectivity index (χ2n) is 7.14. The molecule has 2 rings (SSSR count). The van der Waals surface area contributed by atoms with Crippen LogP contribution in [0.1, 0.15) is 45.7 Å². The Morgan fingerprint density at radius 2 is 1.64 bits per heavy atom. The number of ether oxygens (including phenoxy) is 1. The number of rotatable bonds is 5. The Bertz CT molecular complexity index is 690. The molecule has 0 fully saturated rings. The summed E-state index contributed by atoms with van der Waals surface area (Å²) in [5.41, 5.74) is 1.87. The lowest BCUT2D eigenvalue weighted by molar-refractivity contribution is -0.0945. The summed E-state index contributed by atoms with van der Waals surface area (Å²) in [6.07, 6.45) is 0. The van der Waals surface area contributed by atoms with E-state index >= 15 is 0 Å². The molecule has 2 aromatic rings. The van der Waals surface area contributed by atoms with E-state index < -0.39 is 11.2 Å². The smallest absolute Gasteiger partial charge is 0.0882 e. The van der Waals surface area contributed by atoms with Gasteiger partial charge in [0.05, 0.1) is 17.8 Å². The van der Waals surface area contributed by atoms with E-state index in [1.807, 2.05) is 32.9 Å². The molecule has 0 amide bonds. The zero-order chi connectivity index (χ0) is 16.5. The lowest BCUT2D eigenvalue weighted by Crippen LogP contribution is -2.33. The van der Waals surface area contributed by atoms with Crippen molar-refractivity contribution in [2.24, 2.45) is 0 Å². The SMILES string of the molecule is C=C(C)c1cc2ccccc2cc1C(C)(C)OCC(C)(C)O. The summed E-state index contributed by atoms with van der Waals surface area (Å²) in [5.74, 6) is 0. The van der Waals surface area contributed by atoms with Gasteiger partial charge in [0.15, 0.2) is 0 Å². The van der Waals surface area contributed by atoms with E-state index in [1.54, 1.807) is 13.8 Å². The first kappa shape index (κ1) is 16.7. The monoisotopic (exact) mass is 298 g/mol. The molecule has 0 aliphatic carbocycles. The van der Waals surface area contributed by atoms with Crippen LogP contribution in [0.2, 0.25) is 0 Å². The molecule has 0 bridgehead atoms. The van der Waals surface area contributed by atoms with Crippen molar-refractivity contribution in [1.82, 2.24) is 0 Å². The maximum atomic E-state index is 9.94. The number of allylic oxidation sites excluding steroid dienone is 1. The van der Waals surface area contributed by atoms with Crippen molar-refractivity contribution >= 4 is 16.3 Å². The number of hydrogen-bond acceptors (Lipinski definition) is 2. The van der Waals surface area contributed by atoms with Crippen LogP contribution in [-0.4, -0.2) is 17.3 Å². The zero-order valence-electron chi connectivity index (χ0n) is 14.2. The molecule has 0 unspecified atom stereocenters. The third kappa shape index (κ3) is 3.76. The van der Waals surface area contributed by atoms with Gasteiger partial charge in [-0.15, -0.1) is 0 Å². The Labute approximate surface area is 133 Å². The van der Waals surface area contributed by atoms with Crippen molar-refractivity contribution in [2.45, 2.75) is 45.8 Å². The number of fused-ring (bicyclic) bond motifs is 1. The molecule has 2 heteroatoms. The minimum atomic E-state index is -0.850. The van der Waals surface area contributed by atoms with Gasteiger partial charge in [-0.1, -0.05) is 36.4 Å². The zero-order valence-corrected chi connectivity index (χ0v) is 14.2. The fourth-order valence-electron chi connectivity index (χ4n) is 2.53. The summed E-state index contributed by atoms with van der Waals surface area (Å²) in [7, 11) is 0. The fourth-order valence-corrected chi connectivity index (χ4v) is 2.53. The summed E-state index contributed by atoms with van der Waals surface area (Å²) < 4.78 is 6.03. The van der Waals surface area contributed by atoms with Gasteiger partial charge in [0, 0.05) is 0 Å². The summed E-state index contributed by atoms with van der Waals surface area (Å²) in [6.45, 7) is 14.0. The molecule has 0 aromatic heterocycles. The average molecular weight is 298 g/mol. The van der Waals surface area contributed by atoms with Crippen LogP contribution in [0.3, 0.4) is 0 Å². The normalized spacial score (nSPS) is 12.6. The minimum absolute atomic E-state index is 0.280. The summed E-state index contributed by atoms with van der Waals surface area (Å²) in [4.78, 5) is 0. The maximum absolute atomic E-state index is 9.94. The second-order valence-corrected chi connectivity index (χ2v) is 7.14. The molecule has 22 heavy (non-hydrogen) atoms. The van der Waals surface area contributed by atoms with E-state index in [9.17, 15) is 5.11 Å². The largest absolute Gasteiger partial charge is 0.388 e. The molecule has 0 aliphatic rings. The van der Waals surface area contributed by atoms with Crippen molar-refractivity contribution in [3.63, 3.8) is 0 Å². The third-order valence-corrected chi connectivity index (χ3v) is 3.78. The van der Waals surface area contributed by atoms with Crippen LogP contribution in [0, 0.1) is 0 Å². The van der Waals surface area contributed by atoms with E-state index in [-0.39, 0.29) is 6.61 Å². The molecule has 0 aliphatic heterocycles. The van der Waals surface area contributed by atoms with Gasteiger partial charge in [-0.2, -0.15) is 0 Å². The van der Waals surface area contributed by atoms with Crippen LogP contribution < -0.4 is 0 Å². The highest BCUT2D eigenvalue weighted by Crippen LogP contribution is 2.35. The first-order valence-electron chi connectivity index (χ1n) is 7.66. The van der Waals surface area contributed by atoms with Crippen LogP contribution in [0.15, 0.2) is 43.0 Å². The van der Waals surface area contributed by atoms with Crippen LogP contribution in [0.5, 0.6) is 0 Å². The molecular weight excluding hydrogens is 272 g/mol. The summed E-state index contributed by atoms with van der Waals surface area (Å²) in [5, 5.41) is 12.3. The Morgan fingerprint density at radius 3 is 2.14 bits per heavy atom. The fraction of sp³-hybridized carbons (Fsp3) is 0.400. The quantitative estimate of drug-likeness (QED) is 0.851. The van der Waals surface area contributed by atoms with Crippen LogP contribution in [0.4, 0.5) is 0 Å². The van der Waals surface area contributed by atoms with Crippen molar-refractivity contribution in [3.05, 3.63) is 54.1 Å². The highest BCUT2D eigenvalue weighted by molar-refractivity contribution is 5.87. The van der Waals surface area contributed by atoms with Gasteiger partial charge in [-0.3, -0.25) is 0 Å². The number of benzene rings is 2. The van der Waals surface area contributed by atoms with Gasteiger partial charge in [0.25, 0.3) is 0 Å². The summed E-state index contributed by atoms with van der Waals surface area (Å²) >= 11 is 0. The molecular formula is C20H26O2. The highest BCUT2D eigenvalue weighted by atomic mass is 16.5. The highest BCUT2D eigenvalue weighted by Gasteiger charge is 2.28. The van der Waals surface area contributed by atoms with E-state index in [0.717, 1.165) is 16.7 Å². The van der Waals surface area contributed by atoms with Gasteiger partial charge in [-0.25, -0.2) is 0 Å². The van der Waals surface area contributed by atoms with Crippen molar-refractivity contribution in [2.75, 3.05) is 6.61 Å². The van der Waals surface area contributed by atoms with Crippen LogP contribution in [-0.2, 0) is 10.3 Å². The van der Waals surface area contributed by atoms with E-state index in [2.05, 4.69) is 30.8 Å². The molecule has 0 spiro atoms. The molecule has 2 aromatic carbocycles. The lowest BCUT2D eigenvalue weighted by Gasteiger charge is -2.32. The second kappa shape index (κ2) is 5.86. The summed E-state index contributed by atoms with van der Waals surface area (Å²) in [6, 6.07) is 12.6. The average Bonchev–Trinajstić information content (AvgIpc) is 2.43. The minimum Gasteiger partial charge on any atom is -0.388 e. The molecule has 0 radical (unpaired) electrons. The predicted molar refractivity (Wildman–Crippen MR) is 93.9 cm³/mol. The predicted octanol–water partition coefficient (Wildman–Crippen LogP) is 4.90. The standard InChI is InChI=1S/C20H26O2/c1-14(2)17-11-15-9-7-8-10-16(15)12-18(17)20(5,6)22-13-19(3,4)21/h7-12,21H,1,13H2,2-6H3. The van der Waals surface area contributed by atoms with Gasteiger partial charge in [0.1, 0.15) is 0 Å². The first-order valence-corrected chi connectivity index (χ1v) is 7.66.